The van der Waals surface area contributed by atoms with E-state index >= 15 is 0 Å². The minimum atomic E-state index is 0.797. The lowest BCUT2D eigenvalue weighted by Crippen LogP contribution is -2.07. The Balaban J connectivity index is 1.92. The smallest absolute Gasteiger partial charge is 0.116 e. The molecule has 4 rings (SSSR count). The van der Waals surface area contributed by atoms with Crippen molar-refractivity contribution in [2.75, 3.05) is 6.54 Å². The van der Waals surface area contributed by atoms with Crippen molar-refractivity contribution in [1.82, 2.24) is 9.97 Å². The van der Waals surface area contributed by atoms with Crippen LogP contribution in [0.5, 0.6) is 0 Å². The molecule has 3 nitrogen and oxygen atoms in total. The fourth-order valence-electron chi connectivity index (χ4n) is 3.12. The number of hydrogen-bond donors (Lipinski definition) is 0. The molecule has 1 aliphatic carbocycles. The highest BCUT2D eigenvalue weighted by atomic mass is 14.9. The topological polar surface area (TPSA) is 38.1 Å². The van der Waals surface area contributed by atoms with Gasteiger partial charge in [0.25, 0.3) is 0 Å². The molecule has 1 aliphatic heterocycles. The summed E-state index contributed by atoms with van der Waals surface area (Å²) < 4.78 is 0. The molecule has 0 bridgehead atoms. The Morgan fingerprint density at radius 3 is 2.79 bits per heavy atom. The Labute approximate surface area is 112 Å². The molecule has 0 spiro atoms. The van der Waals surface area contributed by atoms with E-state index in [0.29, 0.717) is 0 Å². The van der Waals surface area contributed by atoms with Gasteiger partial charge in [-0.1, -0.05) is 18.2 Å². The average molecular weight is 249 g/mol. The van der Waals surface area contributed by atoms with Crippen LogP contribution in [-0.2, 0) is 0 Å². The zero-order valence-electron chi connectivity index (χ0n) is 10.8. The molecule has 2 heterocycles. The maximum atomic E-state index is 4.70. The Hall–Kier alpha value is -2.03. The zero-order chi connectivity index (χ0) is 12.7. The first kappa shape index (κ1) is 10.9. The largest absolute Gasteiger partial charge is 0.285 e. The lowest BCUT2D eigenvalue weighted by Gasteiger charge is -2.15. The molecule has 1 fully saturated rings. The van der Waals surface area contributed by atoms with E-state index in [-0.39, 0.29) is 0 Å². The lowest BCUT2D eigenvalue weighted by molar-refractivity contribution is 0.737. The highest BCUT2D eigenvalue weighted by Crippen LogP contribution is 2.34. The van der Waals surface area contributed by atoms with Crippen molar-refractivity contribution >= 4 is 22.2 Å². The molecule has 2 aliphatic rings. The van der Waals surface area contributed by atoms with Crippen LogP contribution in [0.15, 0.2) is 41.2 Å². The highest BCUT2D eigenvalue weighted by Gasteiger charge is 2.24. The average Bonchev–Trinajstić information content (AvgIpc) is 2.90. The molecular weight excluding hydrogens is 234 g/mol. The van der Waals surface area contributed by atoms with Gasteiger partial charge in [0, 0.05) is 16.7 Å². The van der Waals surface area contributed by atoms with Crippen molar-refractivity contribution in [1.29, 1.82) is 0 Å². The lowest BCUT2D eigenvalue weighted by atomic mass is 9.89. The minimum absolute atomic E-state index is 0.797. The van der Waals surface area contributed by atoms with E-state index in [4.69, 9.17) is 4.99 Å². The second-order valence-electron chi connectivity index (χ2n) is 5.17. The fourth-order valence-corrected chi connectivity index (χ4v) is 3.12. The summed E-state index contributed by atoms with van der Waals surface area (Å²) in [6, 6.07) is 8.23. The monoisotopic (exact) mass is 249 g/mol. The van der Waals surface area contributed by atoms with E-state index in [1.165, 1.54) is 29.7 Å². The molecule has 1 aromatic carbocycles. The second-order valence-corrected chi connectivity index (χ2v) is 5.17. The normalized spacial score (nSPS) is 18.6. The standard InChI is InChI=1S/C16H15N3/c1-3-7-14-11(5-1)13(9-17-14)16-12-6-2-4-8-15(12)18-10-19-16/h2,4,6,8,10H,1,3,5,7,9H2. The number of nitrogens with zero attached hydrogens (tertiary/aromatic N) is 3. The minimum Gasteiger partial charge on any atom is -0.285 e. The van der Waals surface area contributed by atoms with Gasteiger partial charge in [-0.15, -0.1) is 0 Å². The Morgan fingerprint density at radius 1 is 0.895 bits per heavy atom. The van der Waals surface area contributed by atoms with Gasteiger partial charge < -0.3 is 0 Å². The summed E-state index contributed by atoms with van der Waals surface area (Å²) in [7, 11) is 0. The van der Waals surface area contributed by atoms with E-state index in [9.17, 15) is 0 Å². The summed E-state index contributed by atoms with van der Waals surface area (Å²) in [4.78, 5) is 13.6. The summed E-state index contributed by atoms with van der Waals surface area (Å²) in [5.74, 6) is 0. The third-order valence-electron chi connectivity index (χ3n) is 4.06. The van der Waals surface area contributed by atoms with Crippen molar-refractivity contribution in [3.8, 4) is 0 Å². The van der Waals surface area contributed by atoms with Crippen molar-refractivity contribution in [3.63, 3.8) is 0 Å². The van der Waals surface area contributed by atoms with Gasteiger partial charge >= 0.3 is 0 Å². The van der Waals surface area contributed by atoms with Crippen molar-refractivity contribution in [2.45, 2.75) is 25.7 Å². The van der Waals surface area contributed by atoms with Gasteiger partial charge in [0.2, 0.25) is 0 Å². The van der Waals surface area contributed by atoms with Crippen LogP contribution < -0.4 is 0 Å². The van der Waals surface area contributed by atoms with Crippen molar-refractivity contribution < 1.29 is 0 Å². The molecule has 0 saturated heterocycles. The quantitative estimate of drug-likeness (QED) is 0.776. The predicted octanol–water partition coefficient (Wildman–Crippen LogP) is 3.41. The van der Waals surface area contributed by atoms with Crippen LogP contribution in [-0.4, -0.2) is 22.2 Å². The second kappa shape index (κ2) is 4.26. The van der Waals surface area contributed by atoms with Gasteiger partial charge in [0.05, 0.1) is 17.8 Å². The predicted molar refractivity (Wildman–Crippen MR) is 77.2 cm³/mol. The first-order valence-corrected chi connectivity index (χ1v) is 6.89. The van der Waals surface area contributed by atoms with Gasteiger partial charge in [-0.25, -0.2) is 9.97 Å². The summed E-state index contributed by atoms with van der Waals surface area (Å²) in [5.41, 5.74) is 6.21. The van der Waals surface area contributed by atoms with E-state index in [1.54, 1.807) is 6.33 Å². The Kier molecular flexibility index (Phi) is 2.44. The fraction of sp³-hybridized carbons (Fsp3) is 0.312. The molecular formula is C16H15N3. The number of aromatic nitrogens is 2. The first-order valence-electron chi connectivity index (χ1n) is 6.89. The van der Waals surface area contributed by atoms with Crippen LogP contribution in [0.1, 0.15) is 31.4 Å². The number of allylic oxidation sites excluding steroid dienone is 1. The zero-order valence-corrected chi connectivity index (χ0v) is 10.8. The number of rotatable bonds is 1. The van der Waals surface area contributed by atoms with Gasteiger partial charge in [-0.05, 0) is 37.3 Å². The molecule has 0 unspecified atom stereocenters. The highest BCUT2D eigenvalue weighted by molar-refractivity contribution is 6.11. The summed E-state index contributed by atoms with van der Waals surface area (Å²) in [6.45, 7) is 0.797. The third-order valence-corrected chi connectivity index (χ3v) is 4.06. The van der Waals surface area contributed by atoms with E-state index in [1.807, 2.05) is 12.1 Å². The summed E-state index contributed by atoms with van der Waals surface area (Å²) in [5, 5.41) is 1.15. The molecule has 2 aromatic rings. The number of benzene rings is 1. The van der Waals surface area contributed by atoms with Crippen LogP contribution in [0, 0.1) is 0 Å². The van der Waals surface area contributed by atoms with Crippen LogP contribution in [0.2, 0.25) is 0 Å². The van der Waals surface area contributed by atoms with Crippen molar-refractivity contribution in [3.05, 3.63) is 41.9 Å². The van der Waals surface area contributed by atoms with Crippen LogP contribution >= 0.6 is 0 Å². The third kappa shape index (κ3) is 1.69. The maximum Gasteiger partial charge on any atom is 0.116 e. The number of hydrogen-bond acceptors (Lipinski definition) is 3. The molecule has 3 heteroatoms. The molecule has 1 saturated carbocycles. The summed E-state index contributed by atoms with van der Waals surface area (Å²) >= 11 is 0. The van der Waals surface area contributed by atoms with Gasteiger partial charge in [-0.3, -0.25) is 4.99 Å². The van der Waals surface area contributed by atoms with Gasteiger partial charge in [0.1, 0.15) is 6.33 Å². The van der Waals surface area contributed by atoms with E-state index < -0.39 is 0 Å². The van der Waals surface area contributed by atoms with E-state index in [2.05, 4.69) is 22.1 Å². The SMILES string of the molecule is c1ccc2c(C3=C4CCCCC4=NC3)ncnc2c1. The summed E-state index contributed by atoms with van der Waals surface area (Å²) in [6.07, 6.45) is 6.53. The van der Waals surface area contributed by atoms with E-state index in [0.717, 1.165) is 36.0 Å². The first-order chi connectivity index (χ1) is 9.43. The number of para-hydroxylation sites is 1. The molecule has 1 aromatic heterocycles. The molecule has 0 N–H and O–H groups in total. The maximum absolute atomic E-state index is 4.70. The number of fused-ring (bicyclic) bond motifs is 2. The number of aliphatic imine (C=N–C) groups is 1. The van der Waals surface area contributed by atoms with Gasteiger partial charge in [0.15, 0.2) is 0 Å². The Morgan fingerprint density at radius 2 is 1.79 bits per heavy atom. The van der Waals surface area contributed by atoms with Crippen LogP contribution in [0.4, 0.5) is 0 Å². The van der Waals surface area contributed by atoms with Crippen LogP contribution in [0.25, 0.3) is 16.5 Å². The molecule has 0 radical (unpaired) electrons. The van der Waals surface area contributed by atoms with Crippen molar-refractivity contribution in [2.24, 2.45) is 4.99 Å². The van der Waals surface area contributed by atoms with Crippen LogP contribution in [0.3, 0.4) is 0 Å². The molecule has 19 heavy (non-hydrogen) atoms. The Bertz CT molecular complexity index is 708. The van der Waals surface area contributed by atoms with Gasteiger partial charge in [-0.2, -0.15) is 0 Å². The molecule has 94 valence electrons. The molecule has 0 atom stereocenters. The molecule has 0 amide bonds.